The molecule has 1 N–H and O–H groups in total. The highest BCUT2D eigenvalue weighted by molar-refractivity contribution is 4.85. The summed E-state index contributed by atoms with van der Waals surface area (Å²) in [5.41, 5.74) is 0. The summed E-state index contributed by atoms with van der Waals surface area (Å²) in [6.07, 6.45) is 4.05. The first kappa shape index (κ1) is 13.3. The standard InChI is InChI=1S/C14H28N2O/c1-11(2)16(8-12-4-5-12)9-13-10-17-7-6-14(13)15-3/h11-15H,4-10H2,1-3H3. The minimum absolute atomic E-state index is 0.643. The SMILES string of the molecule is CNC1CCOCC1CN(CC1CC1)C(C)C. The molecule has 1 saturated carbocycles. The van der Waals surface area contributed by atoms with Crippen molar-refractivity contribution in [1.82, 2.24) is 10.2 Å². The fourth-order valence-corrected chi connectivity index (χ4v) is 2.79. The van der Waals surface area contributed by atoms with Crippen molar-refractivity contribution in [2.75, 3.05) is 33.4 Å². The van der Waals surface area contributed by atoms with Crippen LogP contribution in [0.4, 0.5) is 0 Å². The Kier molecular flexibility index (Phi) is 4.83. The maximum absolute atomic E-state index is 5.65. The molecule has 1 aliphatic heterocycles. The van der Waals surface area contributed by atoms with E-state index in [4.69, 9.17) is 4.74 Å². The third-order valence-electron chi connectivity index (χ3n) is 4.23. The molecule has 0 spiro atoms. The molecule has 2 fully saturated rings. The van der Waals surface area contributed by atoms with Crippen LogP contribution < -0.4 is 5.32 Å². The minimum atomic E-state index is 0.643. The molecule has 0 aromatic rings. The summed E-state index contributed by atoms with van der Waals surface area (Å²) in [5, 5.41) is 3.46. The largest absolute Gasteiger partial charge is 0.381 e. The summed E-state index contributed by atoms with van der Waals surface area (Å²) in [6.45, 7) is 8.98. The van der Waals surface area contributed by atoms with Crippen LogP contribution in [0.25, 0.3) is 0 Å². The molecule has 3 nitrogen and oxygen atoms in total. The summed E-state index contributed by atoms with van der Waals surface area (Å²) in [4.78, 5) is 2.65. The fraction of sp³-hybridized carbons (Fsp3) is 1.00. The van der Waals surface area contributed by atoms with Gasteiger partial charge in [-0.2, -0.15) is 0 Å². The van der Waals surface area contributed by atoms with Crippen molar-refractivity contribution in [2.24, 2.45) is 11.8 Å². The molecule has 0 aromatic carbocycles. The number of nitrogens with one attached hydrogen (secondary N) is 1. The summed E-state index contributed by atoms with van der Waals surface area (Å²) in [6, 6.07) is 1.30. The minimum Gasteiger partial charge on any atom is -0.381 e. The van der Waals surface area contributed by atoms with Crippen LogP contribution in [0.15, 0.2) is 0 Å². The van der Waals surface area contributed by atoms with Gasteiger partial charge in [0.05, 0.1) is 6.61 Å². The Hall–Kier alpha value is -0.120. The monoisotopic (exact) mass is 240 g/mol. The van der Waals surface area contributed by atoms with Gasteiger partial charge in [0, 0.05) is 37.7 Å². The highest BCUT2D eigenvalue weighted by Gasteiger charge is 2.30. The lowest BCUT2D eigenvalue weighted by molar-refractivity contribution is 0.0132. The van der Waals surface area contributed by atoms with Crippen molar-refractivity contribution in [2.45, 2.75) is 45.2 Å². The average Bonchev–Trinajstić information content (AvgIpc) is 3.12. The van der Waals surface area contributed by atoms with Crippen LogP contribution in [0, 0.1) is 11.8 Å². The number of hydrogen-bond donors (Lipinski definition) is 1. The van der Waals surface area contributed by atoms with Gasteiger partial charge in [-0.05, 0) is 46.1 Å². The Balaban J connectivity index is 1.85. The van der Waals surface area contributed by atoms with Crippen LogP contribution in [0.1, 0.15) is 33.1 Å². The van der Waals surface area contributed by atoms with Crippen molar-refractivity contribution < 1.29 is 4.74 Å². The second-order valence-electron chi connectivity index (χ2n) is 6.01. The number of ether oxygens (including phenoxy) is 1. The van der Waals surface area contributed by atoms with Crippen LogP contribution in [0.3, 0.4) is 0 Å². The van der Waals surface area contributed by atoms with E-state index in [2.05, 4.69) is 31.1 Å². The molecule has 2 aliphatic rings. The van der Waals surface area contributed by atoms with E-state index >= 15 is 0 Å². The molecule has 2 atom stereocenters. The molecule has 0 amide bonds. The zero-order valence-electron chi connectivity index (χ0n) is 11.6. The Morgan fingerprint density at radius 3 is 2.59 bits per heavy atom. The predicted octanol–water partition coefficient (Wildman–Crippen LogP) is 1.73. The molecule has 0 aromatic heterocycles. The van der Waals surface area contributed by atoms with Gasteiger partial charge in [-0.1, -0.05) is 0 Å². The average molecular weight is 240 g/mol. The first-order valence-corrected chi connectivity index (χ1v) is 7.19. The molecule has 3 heteroatoms. The third-order valence-corrected chi connectivity index (χ3v) is 4.23. The van der Waals surface area contributed by atoms with Gasteiger partial charge in [-0.25, -0.2) is 0 Å². The second-order valence-corrected chi connectivity index (χ2v) is 6.01. The predicted molar refractivity (Wildman–Crippen MR) is 71.2 cm³/mol. The summed E-state index contributed by atoms with van der Waals surface area (Å²) in [5.74, 6) is 1.64. The van der Waals surface area contributed by atoms with Crippen LogP contribution in [0.5, 0.6) is 0 Å². The normalized spacial score (nSPS) is 30.2. The van der Waals surface area contributed by atoms with Gasteiger partial charge < -0.3 is 15.0 Å². The van der Waals surface area contributed by atoms with E-state index in [0.29, 0.717) is 18.0 Å². The van der Waals surface area contributed by atoms with Crippen LogP contribution in [-0.4, -0.2) is 50.3 Å². The maximum atomic E-state index is 5.65. The first-order valence-electron chi connectivity index (χ1n) is 7.19. The summed E-state index contributed by atoms with van der Waals surface area (Å²) < 4.78 is 5.65. The molecule has 2 rings (SSSR count). The number of rotatable bonds is 6. The Bertz CT molecular complexity index is 228. The summed E-state index contributed by atoms with van der Waals surface area (Å²) >= 11 is 0. The van der Waals surface area contributed by atoms with E-state index in [1.807, 2.05) is 0 Å². The molecule has 0 bridgehead atoms. The van der Waals surface area contributed by atoms with Gasteiger partial charge in [0.25, 0.3) is 0 Å². The van der Waals surface area contributed by atoms with Crippen molar-refractivity contribution >= 4 is 0 Å². The van der Waals surface area contributed by atoms with Crippen LogP contribution >= 0.6 is 0 Å². The van der Waals surface area contributed by atoms with Gasteiger partial charge in [-0.15, -0.1) is 0 Å². The highest BCUT2D eigenvalue weighted by atomic mass is 16.5. The van der Waals surface area contributed by atoms with E-state index in [9.17, 15) is 0 Å². The molecule has 1 aliphatic carbocycles. The molecule has 1 heterocycles. The van der Waals surface area contributed by atoms with E-state index in [0.717, 1.165) is 25.6 Å². The first-order chi connectivity index (χ1) is 8.20. The van der Waals surface area contributed by atoms with Gasteiger partial charge in [0.2, 0.25) is 0 Å². The topological polar surface area (TPSA) is 24.5 Å². The lowest BCUT2D eigenvalue weighted by Crippen LogP contribution is -2.48. The molecule has 2 unspecified atom stereocenters. The second kappa shape index (κ2) is 6.17. The molecule has 100 valence electrons. The lowest BCUT2D eigenvalue weighted by Gasteiger charge is -2.37. The number of hydrogen-bond acceptors (Lipinski definition) is 3. The zero-order valence-corrected chi connectivity index (χ0v) is 11.6. The van der Waals surface area contributed by atoms with Crippen molar-refractivity contribution in [1.29, 1.82) is 0 Å². The van der Waals surface area contributed by atoms with Crippen molar-refractivity contribution in [3.05, 3.63) is 0 Å². The quantitative estimate of drug-likeness (QED) is 0.765. The fourth-order valence-electron chi connectivity index (χ4n) is 2.79. The zero-order chi connectivity index (χ0) is 12.3. The molecule has 1 saturated heterocycles. The Labute approximate surface area is 106 Å². The van der Waals surface area contributed by atoms with Gasteiger partial charge in [-0.3, -0.25) is 0 Å². The molecular formula is C14H28N2O. The van der Waals surface area contributed by atoms with E-state index in [1.165, 1.54) is 25.9 Å². The van der Waals surface area contributed by atoms with Crippen LogP contribution in [0.2, 0.25) is 0 Å². The van der Waals surface area contributed by atoms with Crippen LogP contribution in [-0.2, 0) is 4.74 Å². The van der Waals surface area contributed by atoms with E-state index < -0.39 is 0 Å². The van der Waals surface area contributed by atoms with E-state index in [-0.39, 0.29) is 0 Å². The Morgan fingerprint density at radius 2 is 2.00 bits per heavy atom. The number of nitrogens with zero attached hydrogens (tertiary/aromatic N) is 1. The van der Waals surface area contributed by atoms with Crippen molar-refractivity contribution in [3.8, 4) is 0 Å². The Morgan fingerprint density at radius 1 is 1.24 bits per heavy atom. The lowest BCUT2D eigenvalue weighted by atomic mass is 9.94. The smallest absolute Gasteiger partial charge is 0.0521 e. The molecule has 0 radical (unpaired) electrons. The third kappa shape index (κ3) is 3.94. The highest BCUT2D eigenvalue weighted by Crippen LogP contribution is 2.31. The summed E-state index contributed by atoms with van der Waals surface area (Å²) in [7, 11) is 2.09. The van der Waals surface area contributed by atoms with Gasteiger partial charge in [0.1, 0.15) is 0 Å². The van der Waals surface area contributed by atoms with Crippen molar-refractivity contribution in [3.63, 3.8) is 0 Å². The molecule has 17 heavy (non-hydrogen) atoms. The van der Waals surface area contributed by atoms with Gasteiger partial charge >= 0.3 is 0 Å². The maximum Gasteiger partial charge on any atom is 0.0521 e. The van der Waals surface area contributed by atoms with E-state index in [1.54, 1.807) is 0 Å². The van der Waals surface area contributed by atoms with Gasteiger partial charge in [0.15, 0.2) is 0 Å². The molecular weight excluding hydrogens is 212 g/mol.